The summed E-state index contributed by atoms with van der Waals surface area (Å²) >= 11 is 0. The second-order valence-corrected chi connectivity index (χ2v) is 5.47. The minimum Gasteiger partial charge on any atom is -0.467 e. The molecular weight excluding hydrogens is 176 g/mol. The molecule has 3 aliphatic rings. The van der Waals surface area contributed by atoms with E-state index in [1.807, 2.05) is 0 Å². The first-order valence-electron chi connectivity index (χ1n) is 5.91. The predicted octanol–water partition coefficient (Wildman–Crippen LogP) is 2.38. The minimum absolute atomic E-state index is 0.409. The lowest BCUT2D eigenvalue weighted by Crippen LogP contribution is -2.32. The van der Waals surface area contributed by atoms with Crippen molar-refractivity contribution in [2.75, 3.05) is 6.61 Å². The largest absolute Gasteiger partial charge is 0.467 e. The molecule has 2 bridgehead atoms. The van der Waals surface area contributed by atoms with Gasteiger partial charge in [0.15, 0.2) is 0 Å². The number of carbonyl (C=O) groups is 1. The van der Waals surface area contributed by atoms with Gasteiger partial charge in [-0.2, -0.15) is 0 Å². The van der Waals surface area contributed by atoms with Crippen molar-refractivity contribution < 1.29 is 9.53 Å². The molecule has 4 unspecified atom stereocenters. The maximum absolute atomic E-state index is 10.3. The molecule has 0 amide bonds. The van der Waals surface area contributed by atoms with Crippen LogP contribution in [0.4, 0.5) is 0 Å². The van der Waals surface area contributed by atoms with E-state index in [0.717, 1.165) is 17.8 Å². The summed E-state index contributed by atoms with van der Waals surface area (Å²) in [7, 11) is 0. The fraction of sp³-hybridized carbons (Fsp3) is 0.917. The highest BCUT2D eigenvalue weighted by atomic mass is 16.5. The molecule has 0 N–H and O–H groups in total. The Labute approximate surface area is 85.0 Å². The van der Waals surface area contributed by atoms with E-state index in [-0.39, 0.29) is 0 Å². The summed E-state index contributed by atoms with van der Waals surface area (Å²) in [5.41, 5.74) is 0.409. The van der Waals surface area contributed by atoms with E-state index in [1.54, 1.807) is 0 Å². The molecule has 3 saturated carbocycles. The van der Waals surface area contributed by atoms with E-state index in [2.05, 4.69) is 0 Å². The average Bonchev–Trinajstić information content (AvgIpc) is 2.86. The van der Waals surface area contributed by atoms with Crippen LogP contribution in [0.25, 0.3) is 0 Å². The molecular formula is C12H18O2. The zero-order valence-corrected chi connectivity index (χ0v) is 8.58. The lowest BCUT2D eigenvalue weighted by molar-refractivity contribution is -0.133. The maximum atomic E-state index is 10.3. The van der Waals surface area contributed by atoms with Crippen LogP contribution in [-0.4, -0.2) is 13.1 Å². The number of carbonyl (C=O) groups excluding carboxylic acids is 1. The molecule has 0 aromatic rings. The molecule has 2 nitrogen and oxygen atoms in total. The lowest BCUT2D eigenvalue weighted by Gasteiger charge is -2.34. The zero-order chi connectivity index (χ0) is 9.60. The second-order valence-electron chi connectivity index (χ2n) is 5.47. The van der Waals surface area contributed by atoms with Crippen molar-refractivity contribution in [1.29, 1.82) is 0 Å². The molecule has 2 heteroatoms. The number of hydrogen-bond donors (Lipinski definition) is 0. The Hall–Kier alpha value is -0.530. The first-order valence-corrected chi connectivity index (χ1v) is 5.91. The van der Waals surface area contributed by atoms with E-state index < -0.39 is 0 Å². The van der Waals surface area contributed by atoms with Crippen molar-refractivity contribution in [3.05, 3.63) is 0 Å². The lowest BCUT2D eigenvalue weighted by atomic mass is 9.72. The molecule has 4 atom stereocenters. The molecule has 0 saturated heterocycles. The van der Waals surface area contributed by atoms with E-state index >= 15 is 0 Å². The molecule has 78 valence electrons. The highest BCUT2D eigenvalue weighted by Crippen LogP contribution is 2.65. The number of ether oxygens (including phenoxy) is 1. The standard InChI is InChI=1S/C12H18O2/c13-8-14-7-12-5-4-9(6-12)10-2-1-3-11(10)12/h8-11H,1-7H2. The summed E-state index contributed by atoms with van der Waals surface area (Å²) in [5, 5.41) is 0. The fourth-order valence-electron chi connectivity index (χ4n) is 4.65. The quantitative estimate of drug-likeness (QED) is 0.645. The summed E-state index contributed by atoms with van der Waals surface area (Å²) in [6, 6.07) is 0. The molecule has 0 aromatic heterocycles. The molecule has 0 aliphatic heterocycles. The number of hydrogen-bond acceptors (Lipinski definition) is 2. The molecule has 3 aliphatic carbocycles. The van der Waals surface area contributed by atoms with Crippen molar-refractivity contribution in [2.24, 2.45) is 23.2 Å². The van der Waals surface area contributed by atoms with Crippen molar-refractivity contribution in [3.8, 4) is 0 Å². The van der Waals surface area contributed by atoms with Gasteiger partial charge in [-0.05, 0) is 49.9 Å². The van der Waals surface area contributed by atoms with E-state index in [0.29, 0.717) is 18.5 Å². The molecule has 0 heterocycles. The zero-order valence-electron chi connectivity index (χ0n) is 8.58. The molecule has 14 heavy (non-hydrogen) atoms. The summed E-state index contributed by atoms with van der Waals surface area (Å²) in [6.45, 7) is 1.33. The third kappa shape index (κ3) is 0.999. The molecule has 0 radical (unpaired) electrons. The first-order chi connectivity index (χ1) is 6.86. The Balaban J connectivity index is 1.81. The van der Waals surface area contributed by atoms with Gasteiger partial charge < -0.3 is 4.74 Å². The smallest absolute Gasteiger partial charge is 0.293 e. The monoisotopic (exact) mass is 194 g/mol. The topological polar surface area (TPSA) is 26.3 Å². The second kappa shape index (κ2) is 2.98. The summed E-state index contributed by atoms with van der Waals surface area (Å²) in [6.07, 6.45) is 8.29. The summed E-state index contributed by atoms with van der Waals surface area (Å²) < 4.78 is 5.07. The minimum atomic E-state index is 0.409. The van der Waals surface area contributed by atoms with Crippen LogP contribution in [0.1, 0.15) is 38.5 Å². The van der Waals surface area contributed by atoms with Gasteiger partial charge in [-0.15, -0.1) is 0 Å². The Morgan fingerprint density at radius 2 is 2.29 bits per heavy atom. The highest BCUT2D eigenvalue weighted by molar-refractivity contribution is 5.37. The molecule has 3 rings (SSSR count). The van der Waals surface area contributed by atoms with Crippen LogP contribution in [0, 0.1) is 23.2 Å². The van der Waals surface area contributed by atoms with Crippen molar-refractivity contribution in [1.82, 2.24) is 0 Å². The van der Waals surface area contributed by atoms with Crippen molar-refractivity contribution in [3.63, 3.8) is 0 Å². The molecule has 3 fully saturated rings. The Morgan fingerprint density at radius 1 is 1.36 bits per heavy atom. The van der Waals surface area contributed by atoms with Crippen LogP contribution in [0.3, 0.4) is 0 Å². The van der Waals surface area contributed by atoms with Crippen LogP contribution in [-0.2, 0) is 9.53 Å². The third-order valence-electron chi connectivity index (χ3n) is 5.08. The van der Waals surface area contributed by atoms with Gasteiger partial charge in [-0.25, -0.2) is 0 Å². The average molecular weight is 194 g/mol. The van der Waals surface area contributed by atoms with Crippen molar-refractivity contribution in [2.45, 2.75) is 38.5 Å². The third-order valence-corrected chi connectivity index (χ3v) is 5.08. The SMILES string of the molecule is O=COCC12CCC(C1)C1CCCC12. The van der Waals surface area contributed by atoms with E-state index in [9.17, 15) is 4.79 Å². The van der Waals surface area contributed by atoms with Gasteiger partial charge in [0, 0.05) is 5.41 Å². The highest BCUT2D eigenvalue weighted by Gasteiger charge is 2.58. The Bertz CT molecular complexity index is 251. The van der Waals surface area contributed by atoms with Crippen LogP contribution < -0.4 is 0 Å². The number of rotatable bonds is 3. The van der Waals surface area contributed by atoms with Crippen LogP contribution >= 0.6 is 0 Å². The predicted molar refractivity (Wildman–Crippen MR) is 52.6 cm³/mol. The van der Waals surface area contributed by atoms with E-state index in [4.69, 9.17) is 4.74 Å². The van der Waals surface area contributed by atoms with Crippen LogP contribution in [0.2, 0.25) is 0 Å². The Kier molecular flexibility index (Phi) is 1.86. The van der Waals surface area contributed by atoms with Gasteiger partial charge in [0.2, 0.25) is 0 Å². The van der Waals surface area contributed by atoms with Crippen LogP contribution in [0.5, 0.6) is 0 Å². The number of fused-ring (bicyclic) bond motifs is 5. The van der Waals surface area contributed by atoms with Gasteiger partial charge in [-0.1, -0.05) is 6.42 Å². The summed E-state index contributed by atoms with van der Waals surface area (Å²) in [5.74, 6) is 2.85. The van der Waals surface area contributed by atoms with Crippen molar-refractivity contribution >= 4 is 6.47 Å². The van der Waals surface area contributed by atoms with Gasteiger partial charge >= 0.3 is 0 Å². The maximum Gasteiger partial charge on any atom is 0.293 e. The van der Waals surface area contributed by atoms with Gasteiger partial charge in [-0.3, -0.25) is 4.79 Å². The van der Waals surface area contributed by atoms with Gasteiger partial charge in [0.1, 0.15) is 0 Å². The molecule has 0 aromatic carbocycles. The van der Waals surface area contributed by atoms with Crippen LogP contribution in [0.15, 0.2) is 0 Å². The summed E-state index contributed by atoms with van der Waals surface area (Å²) in [4.78, 5) is 10.3. The van der Waals surface area contributed by atoms with Gasteiger partial charge in [0.25, 0.3) is 6.47 Å². The first kappa shape index (κ1) is 8.75. The fourth-order valence-corrected chi connectivity index (χ4v) is 4.65. The normalized spacial score (nSPS) is 49.3. The Morgan fingerprint density at radius 3 is 3.14 bits per heavy atom. The van der Waals surface area contributed by atoms with Gasteiger partial charge in [0.05, 0.1) is 6.61 Å². The molecule has 0 spiro atoms. The van der Waals surface area contributed by atoms with E-state index in [1.165, 1.54) is 38.5 Å².